The van der Waals surface area contributed by atoms with Gasteiger partial charge in [-0.3, -0.25) is 0 Å². The molecule has 0 bridgehead atoms. The minimum atomic E-state index is 0.187. The first-order chi connectivity index (χ1) is 8.26. The Morgan fingerprint density at radius 1 is 1.47 bits per heavy atom. The van der Waals surface area contributed by atoms with Crippen molar-refractivity contribution < 1.29 is 5.11 Å². The van der Waals surface area contributed by atoms with Crippen LogP contribution in [0.5, 0.6) is 0 Å². The Morgan fingerprint density at radius 2 is 2.29 bits per heavy atom. The minimum Gasteiger partial charge on any atom is -0.394 e. The van der Waals surface area contributed by atoms with E-state index in [0.29, 0.717) is 5.56 Å². The van der Waals surface area contributed by atoms with Gasteiger partial charge in [0.05, 0.1) is 30.0 Å². The lowest BCUT2D eigenvalue weighted by atomic mass is 10.0. The molecular formula is C13H15BrN2O. The molecule has 1 heterocycles. The average Bonchev–Trinajstić information content (AvgIpc) is 2.38. The first-order valence-corrected chi connectivity index (χ1v) is 6.62. The Kier molecular flexibility index (Phi) is 4.03. The fraction of sp³-hybridized carbons (Fsp3) is 0.462. The van der Waals surface area contributed by atoms with E-state index in [1.807, 2.05) is 18.2 Å². The molecule has 1 aromatic rings. The van der Waals surface area contributed by atoms with Crippen molar-refractivity contribution in [3.8, 4) is 6.07 Å². The van der Waals surface area contributed by atoms with Crippen LogP contribution in [0, 0.1) is 11.3 Å². The first kappa shape index (κ1) is 12.4. The van der Waals surface area contributed by atoms with E-state index in [9.17, 15) is 5.11 Å². The summed E-state index contributed by atoms with van der Waals surface area (Å²) in [5.41, 5.74) is 1.72. The zero-order valence-electron chi connectivity index (χ0n) is 9.56. The second-order valence-electron chi connectivity index (χ2n) is 4.30. The van der Waals surface area contributed by atoms with Crippen LogP contribution in [-0.4, -0.2) is 24.3 Å². The van der Waals surface area contributed by atoms with Gasteiger partial charge in [0.2, 0.25) is 0 Å². The molecule has 1 aliphatic heterocycles. The van der Waals surface area contributed by atoms with Crippen LogP contribution in [0.15, 0.2) is 22.7 Å². The number of nitrogens with zero attached hydrogens (tertiary/aromatic N) is 2. The van der Waals surface area contributed by atoms with Gasteiger partial charge in [0.25, 0.3) is 0 Å². The minimum absolute atomic E-state index is 0.187. The Bertz CT molecular complexity index is 442. The molecular weight excluding hydrogens is 280 g/mol. The van der Waals surface area contributed by atoms with Crippen molar-refractivity contribution in [2.45, 2.75) is 25.3 Å². The molecule has 0 aromatic heterocycles. The highest BCUT2D eigenvalue weighted by Gasteiger charge is 2.23. The van der Waals surface area contributed by atoms with E-state index in [-0.39, 0.29) is 12.6 Å². The van der Waals surface area contributed by atoms with Gasteiger partial charge < -0.3 is 10.0 Å². The van der Waals surface area contributed by atoms with Gasteiger partial charge in [-0.05, 0) is 53.4 Å². The molecule has 4 heteroatoms. The number of aliphatic hydroxyl groups excluding tert-OH is 1. The Labute approximate surface area is 110 Å². The maximum atomic E-state index is 9.41. The summed E-state index contributed by atoms with van der Waals surface area (Å²) in [6.45, 7) is 1.15. The maximum absolute atomic E-state index is 9.41. The van der Waals surface area contributed by atoms with Crippen molar-refractivity contribution in [3.05, 3.63) is 28.2 Å². The molecule has 1 atom stereocenters. The number of benzene rings is 1. The summed E-state index contributed by atoms with van der Waals surface area (Å²) in [5.74, 6) is 0. The van der Waals surface area contributed by atoms with Crippen molar-refractivity contribution in [3.63, 3.8) is 0 Å². The molecule has 0 saturated carbocycles. The van der Waals surface area contributed by atoms with Crippen molar-refractivity contribution in [2.24, 2.45) is 0 Å². The van der Waals surface area contributed by atoms with Gasteiger partial charge in [-0.2, -0.15) is 5.26 Å². The maximum Gasteiger partial charge on any atom is 0.0992 e. The van der Waals surface area contributed by atoms with E-state index in [1.54, 1.807) is 0 Å². The third-order valence-corrected chi connectivity index (χ3v) is 3.86. The van der Waals surface area contributed by atoms with Gasteiger partial charge in [-0.25, -0.2) is 0 Å². The highest BCUT2D eigenvalue weighted by Crippen LogP contribution is 2.31. The van der Waals surface area contributed by atoms with E-state index in [4.69, 9.17) is 5.26 Å². The standard InChI is InChI=1S/C13H15BrN2O/c14-12-7-10(8-15)4-5-13(12)16-6-2-1-3-11(16)9-17/h4-5,7,11,17H,1-3,6,9H2. The van der Waals surface area contributed by atoms with Gasteiger partial charge in [-0.15, -0.1) is 0 Å². The molecule has 1 unspecified atom stereocenters. The van der Waals surface area contributed by atoms with Gasteiger partial charge in [0, 0.05) is 11.0 Å². The third-order valence-electron chi connectivity index (χ3n) is 3.22. The van der Waals surface area contributed by atoms with E-state index in [2.05, 4.69) is 26.9 Å². The lowest BCUT2D eigenvalue weighted by molar-refractivity contribution is 0.240. The molecule has 1 aromatic carbocycles. The van der Waals surface area contributed by atoms with Crippen LogP contribution in [0.2, 0.25) is 0 Å². The van der Waals surface area contributed by atoms with Crippen LogP contribution in [0.3, 0.4) is 0 Å². The van der Waals surface area contributed by atoms with Gasteiger partial charge in [0.15, 0.2) is 0 Å². The van der Waals surface area contributed by atoms with Gasteiger partial charge in [0.1, 0.15) is 0 Å². The predicted molar refractivity (Wildman–Crippen MR) is 70.9 cm³/mol. The molecule has 0 radical (unpaired) electrons. The van der Waals surface area contributed by atoms with Crippen LogP contribution >= 0.6 is 15.9 Å². The van der Waals surface area contributed by atoms with Crippen molar-refractivity contribution in [1.29, 1.82) is 5.26 Å². The number of nitriles is 1. The van der Waals surface area contributed by atoms with Crippen LogP contribution < -0.4 is 4.90 Å². The van der Waals surface area contributed by atoms with Gasteiger partial charge in [-0.1, -0.05) is 0 Å². The highest BCUT2D eigenvalue weighted by atomic mass is 79.9. The fourth-order valence-corrected chi connectivity index (χ4v) is 2.92. The summed E-state index contributed by atoms with van der Waals surface area (Å²) in [6.07, 6.45) is 3.36. The quantitative estimate of drug-likeness (QED) is 0.912. The average molecular weight is 295 g/mol. The summed E-state index contributed by atoms with van der Waals surface area (Å²) in [6, 6.07) is 7.94. The van der Waals surface area contributed by atoms with Crippen molar-refractivity contribution in [1.82, 2.24) is 0 Å². The Morgan fingerprint density at radius 3 is 2.94 bits per heavy atom. The summed E-state index contributed by atoms with van der Waals surface area (Å²) in [7, 11) is 0. The monoisotopic (exact) mass is 294 g/mol. The molecule has 1 aliphatic rings. The van der Waals surface area contributed by atoms with Gasteiger partial charge >= 0.3 is 0 Å². The number of hydrogen-bond donors (Lipinski definition) is 1. The number of anilines is 1. The van der Waals surface area contributed by atoms with E-state index in [0.717, 1.165) is 29.5 Å². The molecule has 17 heavy (non-hydrogen) atoms. The summed E-state index contributed by atoms with van der Waals surface area (Å²) in [4.78, 5) is 2.23. The van der Waals surface area contributed by atoms with Crippen LogP contribution in [0.4, 0.5) is 5.69 Å². The SMILES string of the molecule is N#Cc1ccc(N2CCCCC2CO)c(Br)c1. The first-order valence-electron chi connectivity index (χ1n) is 5.83. The number of rotatable bonds is 2. The molecule has 0 amide bonds. The van der Waals surface area contributed by atoms with Crippen molar-refractivity contribution >= 4 is 21.6 Å². The van der Waals surface area contributed by atoms with Crippen LogP contribution in [-0.2, 0) is 0 Å². The van der Waals surface area contributed by atoms with Crippen LogP contribution in [0.25, 0.3) is 0 Å². The molecule has 3 nitrogen and oxygen atoms in total. The topological polar surface area (TPSA) is 47.3 Å². The zero-order chi connectivity index (χ0) is 12.3. The zero-order valence-corrected chi connectivity index (χ0v) is 11.2. The molecule has 0 aliphatic carbocycles. The summed E-state index contributed by atoms with van der Waals surface area (Å²) >= 11 is 3.51. The lowest BCUT2D eigenvalue weighted by Crippen LogP contribution is -2.42. The number of piperidine rings is 1. The van der Waals surface area contributed by atoms with E-state index < -0.39 is 0 Å². The van der Waals surface area contributed by atoms with Crippen molar-refractivity contribution in [2.75, 3.05) is 18.1 Å². The largest absolute Gasteiger partial charge is 0.394 e. The second-order valence-corrected chi connectivity index (χ2v) is 5.16. The molecule has 0 spiro atoms. The Balaban J connectivity index is 2.29. The second kappa shape index (κ2) is 5.52. The predicted octanol–water partition coefficient (Wildman–Crippen LogP) is 2.67. The molecule has 2 rings (SSSR count). The number of hydrogen-bond acceptors (Lipinski definition) is 3. The number of halogens is 1. The molecule has 90 valence electrons. The smallest absolute Gasteiger partial charge is 0.0992 e. The molecule has 1 N–H and O–H groups in total. The normalized spacial score (nSPS) is 20.1. The summed E-state index contributed by atoms with van der Waals surface area (Å²) in [5, 5.41) is 18.2. The molecule has 1 saturated heterocycles. The third kappa shape index (κ3) is 2.62. The number of aliphatic hydroxyl groups is 1. The van der Waals surface area contributed by atoms with E-state index >= 15 is 0 Å². The highest BCUT2D eigenvalue weighted by molar-refractivity contribution is 9.10. The molecule has 1 fully saturated rings. The van der Waals surface area contributed by atoms with Crippen LogP contribution in [0.1, 0.15) is 24.8 Å². The fourth-order valence-electron chi connectivity index (χ4n) is 2.32. The van der Waals surface area contributed by atoms with E-state index in [1.165, 1.54) is 6.42 Å². The summed E-state index contributed by atoms with van der Waals surface area (Å²) < 4.78 is 0.928. The Hall–Kier alpha value is -1.05. The lowest BCUT2D eigenvalue weighted by Gasteiger charge is -2.37.